The molecule has 0 radical (unpaired) electrons. The Balaban J connectivity index is 1.75. The van der Waals surface area contributed by atoms with Crippen molar-refractivity contribution >= 4 is 39.2 Å². The summed E-state index contributed by atoms with van der Waals surface area (Å²) in [5.41, 5.74) is 1.14. The van der Waals surface area contributed by atoms with Crippen LogP contribution in [0.2, 0.25) is 0 Å². The first-order valence-corrected chi connectivity index (χ1v) is 11.3. The zero-order chi connectivity index (χ0) is 19.7. The lowest BCUT2D eigenvalue weighted by Gasteiger charge is -2.13. The van der Waals surface area contributed by atoms with E-state index in [9.17, 15) is 9.59 Å². The smallest absolute Gasteiger partial charge is 0.263 e. The van der Waals surface area contributed by atoms with E-state index in [4.69, 9.17) is 9.40 Å². The number of rotatable bonds is 6. The maximum atomic E-state index is 13.4. The summed E-state index contributed by atoms with van der Waals surface area (Å²) in [5.74, 6) is 0.851. The summed E-state index contributed by atoms with van der Waals surface area (Å²) < 4.78 is 7.11. The van der Waals surface area contributed by atoms with Crippen LogP contribution in [0.4, 0.5) is 0 Å². The largest absolute Gasteiger partial charge is 0.467 e. The number of thioether (sulfide) groups is 1. The highest BCUT2D eigenvalue weighted by Gasteiger charge is 2.23. The number of fused-ring (bicyclic) bond motifs is 3. The number of carbonyl (C=O) groups excluding carboxylic acids is 1. The van der Waals surface area contributed by atoms with E-state index >= 15 is 0 Å². The van der Waals surface area contributed by atoms with Crippen molar-refractivity contribution in [2.45, 2.75) is 57.3 Å². The van der Waals surface area contributed by atoms with Crippen LogP contribution in [0.5, 0.6) is 0 Å². The van der Waals surface area contributed by atoms with Gasteiger partial charge in [0.15, 0.2) is 5.16 Å². The number of hydrogen-bond donors (Lipinski definition) is 1. The van der Waals surface area contributed by atoms with Gasteiger partial charge >= 0.3 is 0 Å². The number of nitrogens with one attached hydrogen (secondary N) is 1. The Morgan fingerprint density at radius 1 is 1.39 bits per heavy atom. The van der Waals surface area contributed by atoms with Crippen LogP contribution in [0.3, 0.4) is 0 Å². The van der Waals surface area contributed by atoms with Crippen molar-refractivity contribution in [1.29, 1.82) is 0 Å². The van der Waals surface area contributed by atoms with Gasteiger partial charge in [-0.05, 0) is 57.2 Å². The topological polar surface area (TPSA) is 77.1 Å². The van der Waals surface area contributed by atoms with Gasteiger partial charge in [0.1, 0.15) is 10.6 Å². The van der Waals surface area contributed by atoms with Crippen molar-refractivity contribution in [3.8, 4) is 0 Å². The van der Waals surface area contributed by atoms with Crippen LogP contribution in [0.25, 0.3) is 10.2 Å². The van der Waals surface area contributed by atoms with Crippen molar-refractivity contribution in [2.24, 2.45) is 0 Å². The third-order valence-corrected chi connectivity index (χ3v) is 6.88. The number of amides is 1. The number of nitrogens with zero attached hydrogens (tertiary/aromatic N) is 2. The Kier molecular flexibility index (Phi) is 5.59. The average Bonchev–Trinajstić information content (AvgIpc) is 3.29. The summed E-state index contributed by atoms with van der Waals surface area (Å²) in [4.78, 5) is 32.4. The third kappa shape index (κ3) is 3.89. The van der Waals surface area contributed by atoms with Crippen molar-refractivity contribution in [1.82, 2.24) is 14.9 Å². The fraction of sp³-hybridized carbons (Fsp3) is 0.450. The van der Waals surface area contributed by atoms with E-state index in [1.165, 1.54) is 22.2 Å². The molecule has 148 valence electrons. The van der Waals surface area contributed by atoms with Crippen LogP contribution >= 0.6 is 23.1 Å². The predicted octanol–water partition coefficient (Wildman–Crippen LogP) is 3.59. The highest BCUT2D eigenvalue weighted by atomic mass is 32.2. The van der Waals surface area contributed by atoms with Gasteiger partial charge in [-0.2, -0.15) is 0 Å². The van der Waals surface area contributed by atoms with Crippen molar-refractivity contribution in [3.05, 3.63) is 45.0 Å². The summed E-state index contributed by atoms with van der Waals surface area (Å²) >= 11 is 2.93. The van der Waals surface area contributed by atoms with Gasteiger partial charge in [0.05, 0.1) is 23.9 Å². The van der Waals surface area contributed by atoms with Gasteiger partial charge in [0.2, 0.25) is 5.91 Å². The van der Waals surface area contributed by atoms with E-state index in [1.54, 1.807) is 22.2 Å². The Hall–Kier alpha value is -2.06. The van der Waals surface area contributed by atoms with Gasteiger partial charge in [-0.1, -0.05) is 11.8 Å². The average molecular weight is 418 g/mol. The number of aromatic nitrogens is 2. The van der Waals surface area contributed by atoms with E-state index in [1.807, 2.05) is 26.0 Å². The number of furan rings is 1. The van der Waals surface area contributed by atoms with Crippen molar-refractivity contribution in [3.63, 3.8) is 0 Å². The molecular formula is C20H23N3O3S2. The normalized spacial score (nSPS) is 13.8. The molecule has 0 unspecified atom stereocenters. The van der Waals surface area contributed by atoms with Crippen LogP contribution in [0, 0.1) is 0 Å². The molecule has 1 amide bonds. The Labute approximate surface area is 171 Å². The fourth-order valence-electron chi connectivity index (χ4n) is 3.52. The first-order valence-electron chi connectivity index (χ1n) is 9.52. The Morgan fingerprint density at radius 3 is 2.96 bits per heavy atom. The minimum absolute atomic E-state index is 0.0347. The quantitative estimate of drug-likeness (QED) is 0.490. The molecule has 1 aliphatic carbocycles. The molecule has 0 aromatic carbocycles. The van der Waals surface area contributed by atoms with Crippen LogP contribution in [-0.4, -0.2) is 27.3 Å². The molecule has 3 aromatic heterocycles. The van der Waals surface area contributed by atoms with Gasteiger partial charge in [-0.25, -0.2) is 4.98 Å². The molecule has 0 atom stereocenters. The molecule has 0 saturated heterocycles. The zero-order valence-corrected chi connectivity index (χ0v) is 17.6. The lowest BCUT2D eigenvalue weighted by Crippen LogP contribution is -2.32. The highest BCUT2D eigenvalue weighted by Crippen LogP contribution is 2.34. The van der Waals surface area contributed by atoms with Crippen LogP contribution < -0.4 is 10.9 Å². The van der Waals surface area contributed by atoms with Crippen LogP contribution in [0.15, 0.2) is 32.8 Å². The molecule has 0 saturated carbocycles. The lowest BCUT2D eigenvalue weighted by atomic mass is 9.97. The predicted molar refractivity (Wildman–Crippen MR) is 112 cm³/mol. The molecule has 6 nitrogen and oxygen atoms in total. The SMILES string of the molecule is CC(C)NC(=O)CSc1nc2sc3c(c2c(=O)n1Cc1ccco1)CCCC3. The van der Waals surface area contributed by atoms with Crippen LogP contribution in [-0.2, 0) is 24.2 Å². The summed E-state index contributed by atoms with van der Waals surface area (Å²) in [5, 5.41) is 4.19. The number of hydrogen-bond acceptors (Lipinski definition) is 6. The van der Waals surface area contributed by atoms with Crippen molar-refractivity contribution < 1.29 is 9.21 Å². The van der Waals surface area contributed by atoms with E-state index < -0.39 is 0 Å². The monoisotopic (exact) mass is 417 g/mol. The summed E-state index contributed by atoms with van der Waals surface area (Å²) in [6.07, 6.45) is 5.84. The molecule has 0 bridgehead atoms. The standard InChI is InChI=1S/C20H23N3O3S2/c1-12(2)21-16(24)11-27-20-22-18-17(14-7-3-4-8-15(14)28-18)19(25)23(20)10-13-6-5-9-26-13/h5-6,9,12H,3-4,7-8,10-11H2,1-2H3,(H,21,24). The van der Waals surface area contributed by atoms with Crippen molar-refractivity contribution in [2.75, 3.05) is 5.75 Å². The molecule has 0 aliphatic heterocycles. The molecule has 0 spiro atoms. The van der Waals surface area contributed by atoms with E-state index in [0.29, 0.717) is 17.5 Å². The van der Waals surface area contributed by atoms with Gasteiger partial charge in [0, 0.05) is 10.9 Å². The molecular weight excluding hydrogens is 394 g/mol. The van der Waals surface area contributed by atoms with E-state index in [2.05, 4.69) is 5.32 Å². The first-order chi connectivity index (χ1) is 13.5. The minimum atomic E-state index is -0.0654. The Bertz CT molecular complexity index is 1050. The number of carbonyl (C=O) groups is 1. The molecule has 1 N–H and O–H groups in total. The molecule has 28 heavy (non-hydrogen) atoms. The first kappa shape index (κ1) is 19.3. The molecule has 0 fully saturated rings. The molecule has 4 rings (SSSR count). The van der Waals surface area contributed by atoms with Gasteiger partial charge in [0.25, 0.3) is 5.56 Å². The third-order valence-electron chi connectivity index (χ3n) is 4.72. The highest BCUT2D eigenvalue weighted by molar-refractivity contribution is 7.99. The van der Waals surface area contributed by atoms with E-state index in [0.717, 1.165) is 35.9 Å². The summed E-state index contributed by atoms with van der Waals surface area (Å²) in [6.45, 7) is 4.17. The maximum absolute atomic E-state index is 13.4. The number of thiophene rings is 1. The van der Waals surface area contributed by atoms with E-state index in [-0.39, 0.29) is 23.3 Å². The second-order valence-corrected chi connectivity index (χ2v) is 9.29. The Morgan fingerprint density at radius 2 is 2.21 bits per heavy atom. The summed E-state index contributed by atoms with van der Waals surface area (Å²) in [7, 11) is 0. The number of aryl methyl sites for hydroxylation is 2. The van der Waals surface area contributed by atoms with Gasteiger partial charge in [-0.3, -0.25) is 14.2 Å². The molecule has 1 aliphatic rings. The lowest BCUT2D eigenvalue weighted by molar-refractivity contribution is -0.119. The summed E-state index contributed by atoms with van der Waals surface area (Å²) in [6, 6.07) is 3.74. The second-order valence-electron chi connectivity index (χ2n) is 7.27. The molecule has 8 heteroatoms. The molecule has 3 heterocycles. The minimum Gasteiger partial charge on any atom is -0.467 e. The fourth-order valence-corrected chi connectivity index (χ4v) is 5.63. The van der Waals surface area contributed by atoms with Gasteiger partial charge in [-0.15, -0.1) is 11.3 Å². The van der Waals surface area contributed by atoms with Gasteiger partial charge < -0.3 is 9.73 Å². The van der Waals surface area contributed by atoms with Crippen LogP contribution in [0.1, 0.15) is 42.9 Å². The zero-order valence-electron chi connectivity index (χ0n) is 16.0. The maximum Gasteiger partial charge on any atom is 0.263 e. The molecule has 3 aromatic rings. The second kappa shape index (κ2) is 8.13.